The molecule has 2 aromatic heterocycles. The molecule has 0 atom stereocenters. The summed E-state index contributed by atoms with van der Waals surface area (Å²) in [6.07, 6.45) is 0.636. The molecule has 8 heteroatoms. The number of nitrogens with one attached hydrogen (secondary N) is 1. The Labute approximate surface area is 140 Å². The highest BCUT2D eigenvalue weighted by atomic mass is 32.1. The number of carbonyl (C=O) groups excluding carboxylic acids is 1. The summed E-state index contributed by atoms with van der Waals surface area (Å²) in [5.74, 6) is -1.60. The number of thiophene rings is 1. The topological polar surface area (TPSA) is 68.0 Å². The summed E-state index contributed by atoms with van der Waals surface area (Å²) in [7, 11) is 0. The number of carbonyl (C=O) groups is 1. The summed E-state index contributed by atoms with van der Waals surface area (Å²) >= 11 is 1.40. The van der Waals surface area contributed by atoms with Crippen molar-refractivity contribution >= 4 is 22.9 Å². The Morgan fingerprint density at radius 1 is 1.29 bits per heavy atom. The number of hydrogen-bond acceptors (Lipinski definition) is 5. The smallest absolute Gasteiger partial charge is 0.255 e. The molecule has 0 saturated carbocycles. The van der Waals surface area contributed by atoms with Crippen LogP contribution in [-0.2, 0) is 6.42 Å². The van der Waals surface area contributed by atoms with E-state index in [-0.39, 0.29) is 5.56 Å². The first-order valence-electron chi connectivity index (χ1n) is 7.17. The van der Waals surface area contributed by atoms with E-state index in [0.717, 1.165) is 21.9 Å². The summed E-state index contributed by atoms with van der Waals surface area (Å²) in [6, 6.07) is 4.73. The van der Waals surface area contributed by atoms with Crippen LogP contribution in [0.4, 0.5) is 14.5 Å². The Bertz CT molecular complexity index is 905. The zero-order valence-electron chi connectivity index (χ0n) is 12.9. The molecule has 3 rings (SSSR count). The normalized spacial score (nSPS) is 10.8. The van der Waals surface area contributed by atoms with Gasteiger partial charge in [-0.15, -0.1) is 11.3 Å². The van der Waals surface area contributed by atoms with Crippen LogP contribution in [0.25, 0.3) is 10.7 Å². The van der Waals surface area contributed by atoms with Gasteiger partial charge in [-0.05, 0) is 31.2 Å². The molecule has 0 aliphatic carbocycles. The van der Waals surface area contributed by atoms with Crippen molar-refractivity contribution in [3.8, 4) is 10.7 Å². The molecule has 1 amide bonds. The van der Waals surface area contributed by atoms with Crippen LogP contribution in [0.2, 0.25) is 0 Å². The zero-order chi connectivity index (χ0) is 17.3. The van der Waals surface area contributed by atoms with Gasteiger partial charge in [-0.1, -0.05) is 12.1 Å². The lowest BCUT2D eigenvalue weighted by Crippen LogP contribution is -2.12. The fraction of sp³-hybridized carbons (Fsp3) is 0.188. The predicted molar refractivity (Wildman–Crippen MR) is 86.0 cm³/mol. The zero-order valence-corrected chi connectivity index (χ0v) is 13.7. The fourth-order valence-corrected chi connectivity index (χ4v) is 2.95. The molecule has 124 valence electrons. The summed E-state index contributed by atoms with van der Waals surface area (Å²) in [5.41, 5.74) is 0.599. The van der Waals surface area contributed by atoms with Crippen molar-refractivity contribution in [1.82, 2.24) is 10.1 Å². The molecule has 24 heavy (non-hydrogen) atoms. The summed E-state index contributed by atoms with van der Waals surface area (Å²) in [6.45, 7) is 3.74. The monoisotopic (exact) mass is 349 g/mol. The van der Waals surface area contributed by atoms with E-state index >= 15 is 0 Å². The first-order chi connectivity index (χ1) is 11.5. The average Bonchev–Trinajstić information content (AvgIpc) is 3.17. The highest BCUT2D eigenvalue weighted by Gasteiger charge is 2.16. The van der Waals surface area contributed by atoms with Gasteiger partial charge in [0, 0.05) is 16.9 Å². The molecule has 0 saturated heterocycles. The van der Waals surface area contributed by atoms with Gasteiger partial charge in [0.2, 0.25) is 11.7 Å². The molecule has 0 unspecified atom stereocenters. The minimum atomic E-state index is -1.07. The second-order valence-corrected chi connectivity index (χ2v) is 6.29. The van der Waals surface area contributed by atoms with Crippen LogP contribution in [0.5, 0.6) is 0 Å². The molecule has 0 radical (unpaired) electrons. The highest BCUT2D eigenvalue weighted by molar-refractivity contribution is 7.16. The Morgan fingerprint density at radius 2 is 2.08 bits per heavy atom. The lowest BCUT2D eigenvalue weighted by Gasteiger charge is -2.04. The minimum absolute atomic E-state index is 0.0360. The van der Waals surface area contributed by atoms with Crippen LogP contribution in [0.3, 0.4) is 0 Å². The molecule has 1 aromatic carbocycles. The number of aromatic nitrogens is 2. The maximum atomic E-state index is 13.2. The van der Waals surface area contributed by atoms with Crippen molar-refractivity contribution in [2.24, 2.45) is 0 Å². The van der Waals surface area contributed by atoms with E-state index in [4.69, 9.17) is 4.52 Å². The number of anilines is 1. The standard InChI is InChI=1S/C16H13F2N3O2S/c1-3-14-20-15(21-23-14)13-7-12(8(2)24-13)19-16(22)9-4-5-10(17)11(18)6-9/h4-7H,3H2,1-2H3,(H,19,22). The molecule has 0 fully saturated rings. The lowest BCUT2D eigenvalue weighted by atomic mass is 10.2. The molecule has 1 N–H and O–H groups in total. The first kappa shape index (κ1) is 16.3. The second-order valence-electron chi connectivity index (χ2n) is 5.03. The van der Waals surface area contributed by atoms with E-state index in [0.29, 0.717) is 23.8 Å². The maximum absolute atomic E-state index is 13.2. The Balaban J connectivity index is 1.82. The SMILES string of the molecule is CCc1nc(-c2cc(NC(=O)c3ccc(F)c(F)c3)c(C)s2)no1. The molecule has 2 heterocycles. The quantitative estimate of drug-likeness (QED) is 0.766. The molecule has 0 aliphatic heterocycles. The second kappa shape index (κ2) is 6.48. The van der Waals surface area contributed by atoms with Gasteiger partial charge >= 0.3 is 0 Å². The van der Waals surface area contributed by atoms with Gasteiger partial charge in [0.1, 0.15) is 0 Å². The number of nitrogens with zero attached hydrogens (tertiary/aromatic N) is 2. The number of aryl methyl sites for hydroxylation is 2. The van der Waals surface area contributed by atoms with Crippen LogP contribution in [0, 0.1) is 18.6 Å². The van der Waals surface area contributed by atoms with E-state index < -0.39 is 17.5 Å². The van der Waals surface area contributed by atoms with Crippen LogP contribution in [0.15, 0.2) is 28.8 Å². The largest absolute Gasteiger partial charge is 0.339 e. The van der Waals surface area contributed by atoms with Crippen molar-refractivity contribution in [1.29, 1.82) is 0 Å². The van der Waals surface area contributed by atoms with Gasteiger partial charge < -0.3 is 9.84 Å². The summed E-state index contributed by atoms with van der Waals surface area (Å²) in [5, 5.41) is 6.57. The Kier molecular flexibility index (Phi) is 4.39. The molecule has 3 aromatic rings. The van der Waals surface area contributed by atoms with Gasteiger partial charge in [0.15, 0.2) is 11.6 Å². The minimum Gasteiger partial charge on any atom is -0.339 e. The predicted octanol–water partition coefficient (Wildman–Crippen LogP) is 4.20. The third-order valence-corrected chi connectivity index (χ3v) is 4.39. The molecule has 0 bridgehead atoms. The Hall–Kier alpha value is -2.61. The van der Waals surface area contributed by atoms with Gasteiger partial charge in [-0.3, -0.25) is 4.79 Å². The van der Waals surface area contributed by atoms with Gasteiger partial charge in [-0.25, -0.2) is 8.78 Å². The molecular formula is C16H13F2N3O2S. The molecule has 0 spiro atoms. The van der Waals surface area contributed by atoms with E-state index in [1.165, 1.54) is 17.4 Å². The van der Waals surface area contributed by atoms with Crippen LogP contribution < -0.4 is 5.32 Å². The Morgan fingerprint density at radius 3 is 2.75 bits per heavy atom. The van der Waals surface area contributed by atoms with Gasteiger partial charge in [0.05, 0.1) is 10.6 Å². The maximum Gasteiger partial charge on any atom is 0.255 e. The van der Waals surface area contributed by atoms with Crippen molar-refractivity contribution in [2.75, 3.05) is 5.32 Å². The van der Waals surface area contributed by atoms with Crippen molar-refractivity contribution in [3.05, 3.63) is 52.2 Å². The third kappa shape index (κ3) is 3.18. The van der Waals surface area contributed by atoms with Crippen LogP contribution in [-0.4, -0.2) is 16.0 Å². The summed E-state index contributed by atoms with van der Waals surface area (Å²) < 4.78 is 31.3. The molecule has 0 aliphatic rings. The average molecular weight is 349 g/mol. The number of rotatable bonds is 4. The van der Waals surface area contributed by atoms with Gasteiger partial charge in [0.25, 0.3) is 5.91 Å². The van der Waals surface area contributed by atoms with E-state index in [1.54, 1.807) is 6.07 Å². The number of hydrogen-bond donors (Lipinski definition) is 1. The molecule has 5 nitrogen and oxygen atoms in total. The van der Waals surface area contributed by atoms with Crippen molar-refractivity contribution in [2.45, 2.75) is 20.3 Å². The van der Waals surface area contributed by atoms with Crippen molar-refractivity contribution < 1.29 is 18.1 Å². The molecular weight excluding hydrogens is 336 g/mol. The van der Waals surface area contributed by atoms with E-state index in [2.05, 4.69) is 15.5 Å². The number of benzene rings is 1. The van der Waals surface area contributed by atoms with E-state index in [1.807, 2.05) is 13.8 Å². The number of amides is 1. The van der Waals surface area contributed by atoms with Crippen molar-refractivity contribution in [3.63, 3.8) is 0 Å². The highest BCUT2D eigenvalue weighted by Crippen LogP contribution is 2.33. The van der Waals surface area contributed by atoms with Crippen LogP contribution >= 0.6 is 11.3 Å². The summed E-state index contributed by atoms with van der Waals surface area (Å²) in [4.78, 5) is 18.0. The third-order valence-electron chi connectivity index (χ3n) is 3.34. The van der Waals surface area contributed by atoms with Gasteiger partial charge in [-0.2, -0.15) is 4.98 Å². The fourth-order valence-electron chi connectivity index (χ4n) is 2.05. The lowest BCUT2D eigenvalue weighted by molar-refractivity contribution is 0.102. The first-order valence-corrected chi connectivity index (χ1v) is 7.99. The van der Waals surface area contributed by atoms with E-state index in [9.17, 15) is 13.6 Å². The van der Waals surface area contributed by atoms with Crippen LogP contribution in [0.1, 0.15) is 28.0 Å². The number of halogens is 2.